The van der Waals surface area contributed by atoms with Crippen LogP contribution in [0, 0.1) is 0 Å². The molecule has 0 radical (unpaired) electrons. The Kier molecular flexibility index (Phi) is 3.48. The molecule has 88 valence electrons. The van der Waals surface area contributed by atoms with Gasteiger partial charge in [0.25, 0.3) is 0 Å². The van der Waals surface area contributed by atoms with Crippen molar-refractivity contribution in [3.05, 3.63) is 18.2 Å². The number of nitrogens with one attached hydrogen (secondary N) is 1. The average Bonchev–Trinajstić information content (AvgIpc) is 2.29. The minimum absolute atomic E-state index is 0.690. The Morgan fingerprint density at radius 3 is 2.75 bits per heavy atom. The Bertz CT molecular complexity index is 351. The Balaban J connectivity index is 2.04. The number of benzene rings is 1. The third-order valence-corrected chi connectivity index (χ3v) is 2.46. The molecule has 0 amide bonds. The van der Waals surface area contributed by atoms with Gasteiger partial charge >= 0.3 is 0 Å². The fourth-order valence-electron chi connectivity index (χ4n) is 1.66. The number of morpholine rings is 1. The normalized spacial score (nSPS) is 17.1. The Morgan fingerprint density at radius 2 is 2.06 bits per heavy atom. The highest BCUT2D eigenvalue weighted by Crippen LogP contribution is 2.22. The zero-order chi connectivity index (χ0) is 11.4. The van der Waals surface area contributed by atoms with Crippen LogP contribution < -0.4 is 15.9 Å². The van der Waals surface area contributed by atoms with Crippen molar-refractivity contribution in [3.8, 4) is 5.75 Å². The van der Waals surface area contributed by atoms with Gasteiger partial charge in [0.1, 0.15) is 5.75 Å². The largest absolute Gasteiger partial charge is 0.497 e. The number of methoxy groups -OCH3 is 1. The van der Waals surface area contributed by atoms with Gasteiger partial charge in [-0.25, -0.2) is 5.01 Å². The molecule has 1 aromatic rings. The van der Waals surface area contributed by atoms with E-state index in [1.807, 2.05) is 12.1 Å². The van der Waals surface area contributed by atoms with Crippen LogP contribution in [-0.2, 0) is 4.74 Å². The third-order valence-electron chi connectivity index (χ3n) is 2.46. The SMILES string of the molecule is COc1cc(N)cc(NN2CCOCC2)c1. The Labute approximate surface area is 95.1 Å². The van der Waals surface area contributed by atoms with Gasteiger partial charge in [0.2, 0.25) is 0 Å². The zero-order valence-corrected chi connectivity index (χ0v) is 9.40. The first kappa shape index (κ1) is 11.0. The monoisotopic (exact) mass is 223 g/mol. The van der Waals surface area contributed by atoms with E-state index in [4.69, 9.17) is 15.2 Å². The van der Waals surface area contributed by atoms with Gasteiger partial charge in [-0.2, -0.15) is 0 Å². The number of nitrogens with two attached hydrogens (primary N) is 1. The lowest BCUT2D eigenvalue weighted by Gasteiger charge is -2.28. The molecule has 3 N–H and O–H groups in total. The first-order valence-electron chi connectivity index (χ1n) is 5.32. The predicted molar refractivity (Wildman–Crippen MR) is 63.4 cm³/mol. The zero-order valence-electron chi connectivity index (χ0n) is 9.40. The van der Waals surface area contributed by atoms with E-state index in [2.05, 4.69) is 10.4 Å². The Morgan fingerprint density at radius 1 is 1.31 bits per heavy atom. The standard InChI is InChI=1S/C11H17N3O2/c1-15-11-7-9(12)6-10(8-11)13-14-2-4-16-5-3-14/h6-8,13H,2-5,12H2,1H3. The summed E-state index contributed by atoms with van der Waals surface area (Å²) in [5.74, 6) is 0.760. The fraction of sp³-hybridized carbons (Fsp3) is 0.455. The summed E-state index contributed by atoms with van der Waals surface area (Å²) in [5, 5.41) is 2.11. The second-order valence-electron chi connectivity index (χ2n) is 3.71. The van der Waals surface area contributed by atoms with Crippen LogP contribution in [-0.4, -0.2) is 38.4 Å². The van der Waals surface area contributed by atoms with E-state index in [0.29, 0.717) is 5.69 Å². The van der Waals surface area contributed by atoms with Crippen LogP contribution in [0.1, 0.15) is 0 Å². The maximum Gasteiger partial charge on any atom is 0.123 e. The lowest BCUT2D eigenvalue weighted by atomic mass is 10.2. The van der Waals surface area contributed by atoms with E-state index < -0.39 is 0 Å². The van der Waals surface area contributed by atoms with Gasteiger partial charge in [0.05, 0.1) is 26.0 Å². The summed E-state index contributed by atoms with van der Waals surface area (Å²) < 4.78 is 10.4. The molecule has 1 saturated heterocycles. The molecule has 0 saturated carbocycles. The van der Waals surface area contributed by atoms with Crippen molar-refractivity contribution < 1.29 is 9.47 Å². The van der Waals surface area contributed by atoms with Crippen molar-refractivity contribution in [2.75, 3.05) is 44.6 Å². The fourth-order valence-corrected chi connectivity index (χ4v) is 1.66. The summed E-state index contributed by atoms with van der Waals surface area (Å²) in [7, 11) is 1.63. The topological polar surface area (TPSA) is 59.8 Å². The highest BCUT2D eigenvalue weighted by Gasteiger charge is 2.10. The molecule has 5 nitrogen and oxygen atoms in total. The number of nitrogen functional groups attached to an aromatic ring is 1. The molecule has 5 heteroatoms. The Hall–Kier alpha value is -1.46. The molecule has 1 heterocycles. The first-order chi connectivity index (χ1) is 7.78. The lowest BCUT2D eigenvalue weighted by molar-refractivity contribution is 0.0497. The summed E-state index contributed by atoms with van der Waals surface area (Å²) in [4.78, 5) is 0. The molecule has 1 fully saturated rings. The van der Waals surface area contributed by atoms with Gasteiger partial charge in [0.15, 0.2) is 0 Å². The third kappa shape index (κ3) is 2.77. The molecule has 0 atom stereocenters. The predicted octanol–water partition coefficient (Wildman–Crippen LogP) is 0.936. The van der Waals surface area contributed by atoms with Gasteiger partial charge < -0.3 is 20.6 Å². The molecule has 2 rings (SSSR count). The van der Waals surface area contributed by atoms with Crippen molar-refractivity contribution in [1.82, 2.24) is 5.01 Å². The van der Waals surface area contributed by atoms with E-state index in [1.54, 1.807) is 13.2 Å². The van der Waals surface area contributed by atoms with Gasteiger partial charge in [-0.05, 0) is 6.07 Å². The van der Waals surface area contributed by atoms with E-state index in [-0.39, 0.29) is 0 Å². The maximum atomic E-state index is 5.78. The second-order valence-corrected chi connectivity index (χ2v) is 3.71. The van der Waals surface area contributed by atoms with Gasteiger partial charge in [0, 0.05) is 30.9 Å². The number of ether oxygens (including phenoxy) is 2. The van der Waals surface area contributed by atoms with Crippen LogP contribution in [0.2, 0.25) is 0 Å². The van der Waals surface area contributed by atoms with Gasteiger partial charge in [-0.15, -0.1) is 0 Å². The molecule has 0 aromatic heterocycles. The van der Waals surface area contributed by atoms with Crippen LogP contribution in [0.3, 0.4) is 0 Å². The van der Waals surface area contributed by atoms with Crippen LogP contribution in [0.4, 0.5) is 11.4 Å². The minimum Gasteiger partial charge on any atom is -0.497 e. The highest BCUT2D eigenvalue weighted by molar-refractivity contribution is 5.58. The number of hydrogen-bond donors (Lipinski definition) is 2. The van der Waals surface area contributed by atoms with Crippen LogP contribution in [0.5, 0.6) is 5.75 Å². The van der Waals surface area contributed by atoms with E-state index in [9.17, 15) is 0 Å². The molecule has 0 spiro atoms. The van der Waals surface area contributed by atoms with Crippen LogP contribution >= 0.6 is 0 Å². The number of hydrogen-bond acceptors (Lipinski definition) is 5. The lowest BCUT2D eigenvalue weighted by Crippen LogP contribution is -2.40. The van der Waals surface area contributed by atoms with Crippen molar-refractivity contribution in [1.29, 1.82) is 0 Å². The van der Waals surface area contributed by atoms with Crippen molar-refractivity contribution in [3.63, 3.8) is 0 Å². The maximum absolute atomic E-state index is 5.78. The van der Waals surface area contributed by atoms with Crippen LogP contribution in [0.25, 0.3) is 0 Å². The first-order valence-corrected chi connectivity index (χ1v) is 5.32. The number of nitrogens with zero attached hydrogens (tertiary/aromatic N) is 1. The van der Waals surface area contributed by atoms with Gasteiger partial charge in [-0.3, -0.25) is 0 Å². The summed E-state index contributed by atoms with van der Waals surface area (Å²) in [6.45, 7) is 3.26. The summed E-state index contributed by atoms with van der Waals surface area (Å²) in [6, 6.07) is 5.61. The second kappa shape index (κ2) is 5.05. The molecule has 0 unspecified atom stereocenters. The molecule has 1 aliphatic heterocycles. The molecule has 1 aromatic carbocycles. The molecule has 0 bridgehead atoms. The number of hydrazine groups is 1. The highest BCUT2D eigenvalue weighted by atomic mass is 16.5. The molecular formula is C11H17N3O2. The molecule has 1 aliphatic rings. The summed E-state index contributed by atoms with van der Waals surface area (Å²) in [6.07, 6.45) is 0. The molecular weight excluding hydrogens is 206 g/mol. The molecule has 16 heavy (non-hydrogen) atoms. The summed E-state index contributed by atoms with van der Waals surface area (Å²) in [5.41, 5.74) is 10.7. The van der Waals surface area contributed by atoms with E-state index in [1.165, 1.54) is 0 Å². The summed E-state index contributed by atoms with van der Waals surface area (Å²) >= 11 is 0. The van der Waals surface area contributed by atoms with Crippen LogP contribution in [0.15, 0.2) is 18.2 Å². The smallest absolute Gasteiger partial charge is 0.123 e. The van der Waals surface area contributed by atoms with E-state index in [0.717, 1.165) is 37.7 Å². The number of rotatable bonds is 3. The minimum atomic E-state index is 0.690. The van der Waals surface area contributed by atoms with Crippen molar-refractivity contribution in [2.24, 2.45) is 0 Å². The van der Waals surface area contributed by atoms with Gasteiger partial charge in [-0.1, -0.05) is 0 Å². The molecule has 0 aliphatic carbocycles. The quantitative estimate of drug-likeness (QED) is 0.747. The van der Waals surface area contributed by atoms with Crippen molar-refractivity contribution in [2.45, 2.75) is 0 Å². The van der Waals surface area contributed by atoms with E-state index >= 15 is 0 Å². The number of anilines is 2. The average molecular weight is 223 g/mol. The van der Waals surface area contributed by atoms with Crippen molar-refractivity contribution >= 4 is 11.4 Å².